The number of phosphoric ester groups is 1. The van der Waals surface area contributed by atoms with Crippen LogP contribution in [0.4, 0.5) is 0 Å². The molecule has 1 unspecified atom stereocenters. The lowest BCUT2D eigenvalue weighted by Gasteiger charge is -2.19. The monoisotopic (exact) mass is 806 g/mol. The lowest BCUT2D eigenvalue weighted by Crippen LogP contribution is -2.29. The third-order valence-corrected chi connectivity index (χ3v) is 9.32. The van der Waals surface area contributed by atoms with Gasteiger partial charge in [0.05, 0.1) is 19.3 Å². The van der Waals surface area contributed by atoms with E-state index in [-0.39, 0.29) is 32.6 Å². The van der Waals surface area contributed by atoms with Crippen LogP contribution in [0.1, 0.15) is 149 Å². The summed E-state index contributed by atoms with van der Waals surface area (Å²) in [5, 5.41) is 10.0. The number of rotatable bonds is 38. The van der Waals surface area contributed by atoms with Gasteiger partial charge in [-0.05, 0) is 83.5 Å². The summed E-state index contributed by atoms with van der Waals surface area (Å²) < 4.78 is 32.6. The van der Waals surface area contributed by atoms with Gasteiger partial charge in [0.25, 0.3) is 0 Å². The van der Waals surface area contributed by atoms with Crippen LogP contribution in [0.3, 0.4) is 0 Å². The number of phosphoric acid groups is 1. The molecule has 0 aromatic rings. The van der Waals surface area contributed by atoms with E-state index in [1.54, 1.807) is 6.08 Å². The SMILES string of the molecule is CCCCC/C=C\C/C=C\C/C=C\CCCCCCC(=O)O[C@H](COC(=O)CCC/C=C\C/C=C\C=C\[C@H](O)C/C=C\CCCCC)COP(=O)(O)OCCN. The summed E-state index contributed by atoms with van der Waals surface area (Å²) in [4.78, 5) is 34.8. The third-order valence-electron chi connectivity index (χ3n) is 8.33. The number of carbonyl (C=O) groups is 2. The summed E-state index contributed by atoms with van der Waals surface area (Å²) in [6, 6.07) is 0. The molecule has 0 saturated carbocycles. The van der Waals surface area contributed by atoms with Gasteiger partial charge >= 0.3 is 19.8 Å². The highest BCUT2D eigenvalue weighted by molar-refractivity contribution is 7.47. The van der Waals surface area contributed by atoms with E-state index in [2.05, 4.69) is 56.4 Å². The van der Waals surface area contributed by atoms with Crippen LogP contribution in [0.5, 0.6) is 0 Å². The van der Waals surface area contributed by atoms with Crippen molar-refractivity contribution in [3.8, 4) is 0 Å². The van der Waals surface area contributed by atoms with Crippen molar-refractivity contribution in [2.75, 3.05) is 26.4 Å². The van der Waals surface area contributed by atoms with Crippen LogP contribution < -0.4 is 5.73 Å². The van der Waals surface area contributed by atoms with Gasteiger partial charge < -0.3 is 25.2 Å². The van der Waals surface area contributed by atoms with Crippen LogP contribution >= 0.6 is 7.82 Å². The molecule has 0 fully saturated rings. The van der Waals surface area contributed by atoms with Gasteiger partial charge in [0.15, 0.2) is 6.10 Å². The first kappa shape index (κ1) is 53.1. The molecule has 3 atom stereocenters. The summed E-state index contributed by atoms with van der Waals surface area (Å²) >= 11 is 0. The average Bonchev–Trinajstić information content (AvgIpc) is 3.18. The average molecular weight is 806 g/mol. The Bertz CT molecular complexity index is 1210. The standard InChI is InChI=1S/C45H76NO9P/c1-3-5-7-9-11-12-13-14-15-16-17-18-19-20-25-29-33-37-45(49)55-43(41-54-56(50,51)53-39-38-46)40-52-44(48)36-32-28-24-22-21-23-27-31-35-42(47)34-30-26-10-8-6-4-2/h11-12,14-15,17-18,22-24,26-27,30-31,35,42-43,47H,3-10,13,16,19-21,25,28-29,32-34,36-41,46H2,1-2H3,(H,50,51)/b12-11-,15-14-,18-17-,24-22-,27-23-,30-26-,35-31+/t42-,43-/m1/s1. The number of nitrogens with two attached hydrogens (primary N) is 1. The minimum absolute atomic E-state index is 0.0285. The molecule has 0 saturated heterocycles. The molecule has 0 amide bonds. The van der Waals surface area contributed by atoms with Crippen LogP contribution in [0.2, 0.25) is 0 Å². The zero-order valence-electron chi connectivity index (χ0n) is 34.7. The summed E-state index contributed by atoms with van der Waals surface area (Å²) in [6.45, 7) is 3.47. The Morgan fingerprint density at radius 3 is 1.79 bits per heavy atom. The first-order valence-electron chi connectivity index (χ1n) is 21.2. The number of allylic oxidation sites excluding steroid dienone is 12. The minimum Gasteiger partial charge on any atom is -0.462 e. The number of hydrogen-bond acceptors (Lipinski definition) is 9. The van der Waals surface area contributed by atoms with Crippen LogP contribution in [0, 0.1) is 0 Å². The Morgan fingerprint density at radius 2 is 1.16 bits per heavy atom. The second-order valence-electron chi connectivity index (χ2n) is 13.7. The van der Waals surface area contributed by atoms with E-state index < -0.39 is 38.6 Å². The Kier molecular flexibility index (Phi) is 38.3. The molecule has 0 aliphatic heterocycles. The number of aliphatic hydroxyl groups is 1. The van der Waals surface area contributed by atoms with Crippen molar-refractivity contribution in [1.29, 1.82) is 0 Å². The maximum absolute atomic E-state index is 12.6. The molecular weight excluding hydrogens is 729 g/mol. The number of carbonyl (C=O) groups excluding carboxylic acids is 2. The van der Waals surface area contributed by atoms with E-state index in [1.165, 1.54) is 44.9 Å². The van der Waals surface area contributed by atoms with Gasteiger partial charge in [-0.3, -0.25) is 18.6 Å². The largest absolute Gasteiger partial charge is 0.472 e. The van der Waals surface area contributed by atoms with E-state index >= 15 is 0 Å². The molecule has 10 nitrogen and oxygen atoms in total. The zero-order chi connectivity index (χ0) is 41.2. The molecule has 4 N–H and O–H groups in total. The van der Waals surface area contributed by atoms with Gasteiger partial charge in [-0.2, -0.15) is 0 Å². The minimum atomic E-state index is -4.41. The quantitative estimate of drug-likeness (QED) is 0.0180. The van der Waals surface area contributed by atoms with E-state index in [0.717, 1.165) is 51.4 Å². The van der Waals surface area contributed by atoms with Crippen molar-refractivity contribution in [2.24, 2.45) is 5.73 Å². The maximum Gasteiger partial charge on any atom is 0.472 e. The molecule has 11 heteroatoms. The van der Waals surface area contributed by atoms with Crippen molar-refractivity contribution in [3.05, 3.63) is 85.1 Å². The Labute approximate surface area is 339 Å². The highest BCUT2D eigenvalue weighted by atomic mass is 31.2. The molecule has 0 aromatic heterocycles. The number of esters is 2. The fourth-order valence-corrected chi connectivity index (χ4v) is 5.89. The number of ether oxygens (including phenoxy) is 2. The van der Waals surface area contributed by atoms with Gasteiger partial charge in [0, 0.05) is 19.4 Å². The molecule has 0 heterocycles. The van der Waals surface area contributed by atoms with Gasteiger partial charge in [0.1, 0.15) is 6.61 Å². The van der Waals surface area contributed by atoms with Gasteiger partial charge in [-0.25, -0.2) is 4.57 Å². The van der Waals surface area contributed by atoms with Gasteiger partial charge in [-0.1, -0.05) is 137 Å². The van der Waals surface area contributed by atoms with Crippen molar-refractivity contribution < 1.29 is 42.7 Å². The second-order valence-corrected chi connectivity index (χ2v) is 15.2. The third kappa shape index (κ3) is 39.4. The topological polar surface area (TPSA) is 155 Å². The summed E-state index contributed by atoms with van der Waals surface area (Å²) in [7, 11) is -4.41. The number of unbranched alkanes of at least 4 members (excludes halogenated alkanes) is 11. The normalized spacial score (nSPS) is 14.7. The van der Waals surface area contributed by atoms with E-state index in [1.807, 2.05) is 36.5 Å². The number of hydrogen-bond donors (Lipinski definition) is 3. The smallest absolute Gasteiger partial charge is 0.462 e. The second kappa shape index (κ2) is 40.4. The van der Waals surface area contributed by atoms with E-state index in [0.29, 0.717) is 25.7 Å². The zero-order valence-corrected chi connectivity index (χ0v) is 35.6. The lowest BCUT2D eigenvalue weighted by molar-refractivity contribution is -0.161. The molecular formula is C45H76NO9P. The highest BCUT2D eigenvalue weighted by Gasteiger charge is 2.25. The molecule has 0 radical (unpaired) electrons. The lowest BCUT2D eigenvalue weighted by atomic mass is 10.1. The van der Waals surface area contributed by atoms with Gasteiger partial charge in [-0.15, -0.1) is 0 Å². The fourth-order valence-electron chi connectivity index (χ4n) is 5.13. The Morgan fingerprint density at radius 1 is 0.625 bits per heavy atom. The summed E-state index contributed by atoms with van der Waals surface area (Å²) in [5.74, 6) is -0.968. The van der Waals surface area contributed by atoms with E-state index in [4.69, 9.17) is 24.3 Å². The van der Waals surface area contributed by atoms with Crippen molar-refractivity contribution in [2.45, 2.75) is 161 Å². The Hall–Kier alpha value is -2.85. The van der Waals surface area contributed by atoms with Crippen LogP contribution in [0.25, 0.3) is 0 Å². The fraction of sp³-hybridized carbons (Fsp3) is 0.644. The van der Waals surface area contributed by atoms with Crippen molar-refractivity contribution in [3.63, 3.8) is 0 Å². The van der Waals surface area contributed by atoms with Crippen LogP contribution in [-0.4, -0.2) is 60.5 Å². The highest BCUT2D eigenvalue weighted by Crippen LogP contribution is 2.43. The molecule has 0 aromatic carbocycles. The predicted octanol–water partition coefficient (Wildman–Crippen LogP) is 11.0. The number of aliphatic hydroxyl groups excluding tert-OH is 1. The predicted molar refractivity (Wildman–Crippen MR) is 230 cm³/mol. The molecule has 0 spiro atoms. The first-order valence-corrected chi connectivity index (χ1v) is 22.7. The molecule has 0 aliphatic rings. The van der Waals surface area contributed by atoms with Crippen LogP contribution in [0.15, 0.2) is 85.1 Å². The molecule has 320 valence electrons. The summed E-state index contributed by atoms with van der Waals surface area (Å²) in [6.07, 6.45) is 46.4. The maximum atomic E-state index is 12.6. The van der Waals surface area contributed by atoms with Crippen LogP contribution in [-0.2, 0) is 32.7 Å². The summed E-state index contributed by atoms with van der Waals surface area (Å²) in [5.41, 5.74) is 5.33. The van der Waals surface area contributed by atoms with Gasteiger partial charge in [0.2, 0.25) is 0 Å². The Balaban J connectivity index is 4.39. The van der Waals surface area contributed by atoms with Crippen molar-refractivity contribution in [1.82, 2.24) is 0 Å². The van der Waals surface area contributed by atoms with Crippen molar-refractivity contribution >= 4 is 19.8 Å². The molecule has 56 heavy (non-hydrogen) atoms. The first-order chi connectivity index (χ1) is 27.2. The molecule has 0 aliphatic carbocycles. The van der Waals surface area contributed by atoms with E-state index in [9.17, 15) is 24.2 Å². The molecule has 0 rings (SSSR count). The molecule has 0 bridgehead atoms.